The number of para-hydroxylation sites is 2. The maximum atomic E-state index is 12.7. The second-order valence-corrected chi connectivity index (χ2v) is 8.24. The third-order valence-corrected chi connectivity index (χ3v) is 6.23. The SMILES string of the molecule is C[C@H]1CCc2c(sc(NC(=O)CN3CC(=O)Nc4ccccc43)c2C#N)C1. The average Bonchev–Trinajstić information content (AvgIpc) is 2.97. The number of nitriles is 1. The summed E-state index contributed by atoms with van der Waals surface area (Å²) in [7, 11) is 0. The van der Waals surface area contributed by atoms with E-state index in [9.17, 15) is 14.9 Å². The van der Waals surface area contributed by atoms with Gasteiger partial charge in [0.15, 0.2) is 0 Å². The molecular weight excluding hydrogens is 360 g/mol. The van der Waals surface area contributed by atoms with Gasteiger partial charge in [0.05, 0.1) is 30.0 Å². The van der Waals surface area contributed by atoms with E-state index >= 15 is 0 Å². The van der Waals surface area contributed by atoms with Crippen LogP contribution in [-0.2, 0) is 22.4 Å². The molecule has 1 aromatic carbocycles. The van der Waals surface area contributed by atoms with Gasteiger partial charge >= 0.3 is 0 Å². The summed E-state index contributed by atoms with van der Waals surface area (Å²) >= 11 is 1.51. The lowest BCUT2D eigenvalue weighted by Gasteiger charge is -2.30. The molecule has 2 aromatic rings. The summed E-state index contributed by atoms with van der Waals surface area (Å²) in [6, 6.07) is 9.69. The van der Waals surface area contributed by atoms with Gasteiger partial charge in [-0.05, 0) is 42.9 Å². The number of benzene rings is 1. The number of nitrogens with one attached hydrogen (secondary N) is 2. The molecule has 4 rings (SSSR count). The highest BCUT2D eigenvalue weighted by Crippen LogP contribution is 2.39. The first-order valence-corrected chi connectivity index (χ1v) is 9.85. The summed E-state index contributed by atoms with van der Waals surface area (Å²) in [6.07, 6.45) is 2.93. The van der Waals surface area contributed by atoms with Crippen molar-refractivity contribution < 1.29 is 9.59 Å². The van der Waals surface area contributed by atoms with Crippen LogP contribution in [0.2, 0.25) is 0 Å². The highest BCUT2D eigenvalue weighted by Gasteiger charge is 2.26. The number of hydrogen-bond donors (Lipinski definition) is 2. The van der Waals surface area contributed by atoms with Crippen LogP contribution in [0.25, 0.3) is 0 Å². The van der Waals surface area contributed by atoms with Crippen LogP contribution < -0.4 is 15.5 Å². The quantitative estimate of drug-likeness (QED) is 0.857. The van der Waals surface area contributed by atoms with Gasteiger partial charge < -0.3 is 15.5 Å². The Morgan fingerprint density at radius 3 is 3.07 bits per heavy atom. The largest absolute Gasteiger partial charge is 0.351 e. The Morgan fingerprint density at radius 1 is 1.44 bits per heavy atom. The molecule has 2 N–H and O–H groups in total. The van der Waals surface area contributed by atoms with Crippen LogP contribution in [0.1, 0.15) is 29.3 Å². The average molecular weight is 380 g/mol. The van der Waals surface area contributed by atoms with E-state index in [2.05, 4.69) is 23.6 Å². The Bertz CT molecular complexity index is 959. The molecule has 2 aliphatic rings. The van der Waals surface area contributed by atoms with Crippen LogP contribution in [-0.4, -0.2) is 24.9 Å². The molecule has 138 valence electrons. The molecule has 1 atom stereocenters. The highest BCUT2D eigenvalue weighted by atomic mass is 32.1. The summed E-state index contributed by atoms with van der Waals surface area (Å²) in [5.74, 6) is 0.247. The minimum Gasteiger partial charge on any atom is -0.351 e. The predicted octanol–water partition coefficient (Wildman–Crippen LogP) is 3.14. The standard InChI is InChI=1S/C20H20N4O2S/c1-12-6-7-13-14(9-21)20(27-17(13)8-12)23-19(26)11-24-10-18(25)22-15-4-2-3-5-16(15)24/h2-5,12H,6-8,10-11H2,1H3,(H,22,25)(H,23,26)/t12-/m0/s1. The molecule has 27 heavy (non-hydrogen) atoms. The minimum absolute atomic E-state index is 0.0638. The summed E-state index contributed by atoms with van der Waals surface area (Å²) in [6.45, 7) is 2.41. The minimum atomic E-state index is -0.220. The van der Waals surface area contributed by atoms with Gasteiger partial charge in [0.1, 0.15) is 11.1 Å². The van der Waals surface area contributed by atoms with Gasteiger partial charge in [0, 0.05) is 4.88 Å². The molecule has 0 radical (unpaired) electrons. The number of fused-ring (bicyclic) bond motifs is 2. The van der Waals surface area contributed by atoms with Crippen molar-refractivity contribution in [2.75, 3.05) is 28.6 Å². The lowest BCUT2D eigenvalue weighted by Crippen LogP contribution is -2.42. The van der Waals surface area contributed by atoms with Crippen molar-refractivity contribution in [1.82, 2.24) is 0 Å². The van der Waals surface area contributed by atoms with Crippen molar-refractivity contribution in [3.63, 3.8) is 0 Å². The predicted molar refractivity (Wildman–Crippen MR) is 106 cm³/mol. The lowest BCUT2D eigenvalue weighted by molar-refractivity contribution is -0.115. The van der Waals surface area contributed by atoms with Crippen LogP contribution in [0.3, 0.4) is 0 Å². The maximum absolute atomic E-state index is 12.7. The number of thiophene rings is 1. The van der Waals surface area contributed by atoms with Crippen LogP contribution in [0.5, 0.6) is 0 Å². The zero-order chi connectivity index (χ0) is 19.0. The van der Waals surface area contributed by atoms with Crippen molar-refractivity contribution in [2.24, 2.45) is 5.92 Å². The van der Waals surface area contributed by atoms with E-state index in [1.165, 1.54) is 16.2 Å². The molecule has 0 saturated carbocycles. The van der Waals surface area contributed by atoms with Crippen molar-refractivity contribution in [3.05, 3.63) is 40.3 Å². The van der Waals surface area contributed by atoms with Crippen LogP contribution >= 0.6 is 11.3 Å². The number of rotatable bonds is 3. The molecule has 0 unspecified atom stereocenters. The fourth-order valence-electron chi connectivity index (χ4n) is 3.74. The molecule has 6 nitrogen and oxygen atoms in total. The van der Waals surface area contributed by atoms with Crippen molar-refractivity contribution >= 4 is 39.5 Å². The van der Waals surface area contributed by atoms with Gasteiger partial charge in [-0.15, -0.1) is 11.3 Å². The molecule has 0 saturated heterocycles. The molecule has 2 heterocycles. The van der Waals surface area contributed by atoms with Crippen molar-refractivity contribution in [3.8, 4) is 6.07 Å². The molecule has 0 bridgehead atoms. The third kappa shape index (κ3) is 3.40. The van der Waals surface area contributed by atoms with Crippen molar-refractivity contribution in [1.29, 1.82) is 5.26 Å². The zero-order valence-electron chi connectivity index (χ0n) is 15.0. The van der Waals surface area contributed by atoms with Crippen LogP contribution in [0.15, 0.2) is 24.3 Å². The number of amides is 2. The fraction of sp³-hybridized carbons (Fsp3) is 0.350. The molecule has 0 fully saturated rings. The molecule has 7 heteroatoms. The second kappa shape index (κ2) is 7.05. The van der Waals surface area contributed by atoms with Gasteiger partial charge in [-0.2, -0.15) is 5.26 Å². The molecule has 2 amide bonds. The van der Waals surface area contributed by atoms with E-state index in [0.29, 0.717) is 22.2 Å². The van der Waals surface area contributed by atoms with E-state index in [4.69, 9.17) is 0 Å². The number of anilines is 3. The Kier molecular flexibility index (Phi) is 4.58. The van der Waals surface area contributed by atoms with E-state index in [0.717, 1.165) is 30.5 Å². The molecule has 1 aliphatic carbocycles. The molecule has 0 spiro atoms. The summed E-state index contributed by atoms with van der Waals surface area (Å²) < 4.78 is 0. The zero-order valence-corrected chi connectivity index (χ0v) is 15.9. The maximum Gasteiger partial charge on any atom is 0.244 e. The van der Waals surface area contributed by atoms with E-state index < -0.39 is 0 Å². The molecule has 1 aliphatic heterocycles. The van der Waals surface area contributed by atoms with E-state index in [1.54, 1.807) is 4.90 Å². The van der Waals surface area contributed by atoms with Gasteiger partial charge in [0.2, 0.25) is 11.8 Å². The van der Waals surface area contributed by atoms with Gasteiger partial charge in [0.25, 0.3) is 0 Å². The number of carbonyl (C=O) groups is 2. The summed E-state index contributed by atoms with van der Waals surface area (Å²) in [4.78, 5) is 27.5. The fourth-order valence-corrected chi connectivity index (χ4v) is 5.12. The Balaban J connectivity index is 1.53. The van der Waals surface area contributed by atoms with Gasteiger partial charge in [-0.3, -0.25) is 9.59 Å². The smallest absolute Gasteiger partial charge is 0.244 e. The number of hydrogen-bond acceptors (Lipinski definition) is 5. The topological polar surface area (TPSA) is 85.2 Å². The van der Waals surface area contributed by atoms with E-state index in [-0.39, 0.29) is 24.9 Å². The third-order valence-electron chi connectivity index (χ3n) is 5.06. The summed E-state index contributed by atoms with van der Waals surface area (Å²) in [5, 5.41) is 15.9. The Labute approximate surface area is 161 Å². The first-order chi connectivity index (χ1) is 13.0. The van der Waals surface area contributed by atoms with Gasteiger partial charge in [-0.1, -0.05) is 19.1 Å². The lowest BCUT2D eigenvalue weighted by atomic mass is 9.89. The van der Waals surface area contributed by atoms with Crippen molar-refractivity contribution in [2.45, 2.75) is 26.2 Å². The number of carbonyl (C=O) groups excluding carboxylic acids is 2. The van der Waals surface area contributed by atoms with Crippen LogP contribution in [0, 0.1) is 17.2 Å². The first-order valence-electron chi connectivity index (χ1n) is 9.03. The Morgan fingerprint density at radius 2 is 2.26 bits per heavy atom. The Hall–Kier alpha value is -2.85. The number of nitrogens with zero attached hydrogens (tertiary/aromatic N) is 2. The van der Waals surface area contributed by atoms with Gasteiger partial charge in [-0.25, -0.2) is 0 Å². The molecular formula is C20H20N4O2S. The normalized spacial score (nSPS) is 18.1. The molecule has 1 aromatic heterocycles. The first kappa shape index (κ1) is 17.6. The van der Waals surface area contributed by atoms with E-state index in [1.807, 2.05) is 24.3 Å². The summed E-state index contributed by atoms with van der Waals surface area (Å²) in [5.41, 5.74) is 3.23. The monoisotopic (exact) mass is 380 g/mol. The highest BCUT2D eigenvalue weighted by molar-refractivity contribution is 7.16. The van der Waals surface area contributed by atoms with Crippen LogP contribution in [0.4, 0.5) is 16.4 Å². The second-order valence-electron chi connectivity index (χ2n) is 7.14.